The lowest BCUT2D eigenvalue weighted by Gasteiger charge is -1.88. The Morgan fingerprint density at radius 2 is 2.23 bits per heavy atom. The van der Waals surface area contributed by atoms with Crippen LogP contribution in [0.5, 0.6) is 0 Å². The van der Waals surface area contributed by atoms with Crippen molar-refractivity contribution in [3.05, 3.63) is 34.5 Å². The standard InChI is InChI=1S/C10H7BrO2/c11-8-2-1-7-5-9(3-4-12)13-10(7)6-8/h1-2,4-6H,3H2. The fourth-order valence-electron chi connectivity index (χ4n) is 1.24. The van der Waals surface area contributed by atoms with Crippen molar-refractivity contribution in [3.63, 3.8) is 0 Å². The van der Waals surface area contributed by atoms with Crippen LogP contribution in [0.3, 0.4) is 0 Å². The maximum absolute atomic E-state index is 10.2. The number of hydrogen-bond acceptors (Lipinski definition) is 2. The first-order valence-electron chi connectivity index (χ1n) is 3.91. The molecule has 0 aliphatic heterocycles. The molecule has 0 bridgehead atoms. The van der Waals surface area contributed by atoms with Crippen LogP contribution in [-0.2, 0) is 11.2 Å². The fourth-order valence-corrected chi connectivity index (χ4v) is 1.58. The monoisotopic (exact) mass is 238 g/mol. The van der Waals surface area contributed by atoms with Gasteiger partial charge in [-0.2, -0.15) is 0 Å². The average Bonchev–Trinajstić information content (AvgIpc) is 2.46. The van der Waals surface area contributed by atoms with Gasteiger partial charge in [0.25, 0.3) is 0 Å². The number of hydrogen-bond donors (Lipinski definition) is 0. The van der Waals surface area contributed by atoms with Crippen molar-refractivity contribution in [3.8, 4) is 0 Å². The van der Waals surface area contributed by atoms with E-state index in [1.807, 2.05) is 24.3 Å². The average molecular weight is 239 g/mol. The van der Waals surface area contributed by atoms with Crippen LogP contribution >= 0.6 is 15.9 Å². The second-order valence-electron chi connectivity index (χ2n) is 2.77. The van der Waals surface area contributed by atoms with E-state index in [1.165, 1.54) is 0 Å². The molecule has 3 heteroatoms. The largest absolute Gasteiger partial charge is 0.461 e. The van der Waals surface area contributed by atoms with Gasteiger partial charge in [0, 0.05) is 9.86 Å². The summed E-state index contributed by atoms with van der Waals surface area (Å²) in [5.41, 5.74) is 0.811. The van der Waals surface area contributed by atoms with E-state index in [0.717, 1.165) is 21.7 Å². The van der Waals surface area contributed by atoms with Crippen LogP contribution < -0.4 is 0 Å². The summed E-state index contributed by atoms with van der Waals surface area (Å²) < 4.78 is 6.41. The van der Waals surface area contributed by atoms with Gasteiger partial charge in [-0.1, -0.05) is 15.9 Å². The summed E-state index contributed by atoms with van der Waals surface area (Å²) in [6.45, 7) is 0. The minimum Gasteiger partial charge on any atom is -0.461 e. The third-order valence-corrected chi connectivity index (χ3v) is 2.31. The SMILES string of the molecule is O=CCc1cc2ccc(Br)cc2o1. The molecule has 0 fully saturated rings. The van der Waals surface area contributed by atoms with E-state index in [2.05, 4.69) is 15.9 Å². The zero-order valence-corrected chi connectivity index (χ0v) is 8.37. The summed E-state index contributed by atoms with van der Waals surface area (Å²) in [5.74, 6) is 0.711. The van der Waals surface area contributed by atoms with E-state index >= 15 is 0 Å². The molecule has 2 aromatic rings. The van der Waals surface area contributed by atoms with Gasteiger partial charge >= 0.3 is 0 Å². The second-order valence-corrected chi connectivity index (χ2v) is 3.68. The third-order valence-electron chi connectivity index (χ3n) is 1.82. The minimum atomic E-state index is 0.340. The quantitative estimate of drug-likeness (QED) is 0.754. The highest BCUT2D eigenvalue weighted by atomic mass is 79.9. The van der Waals surface area contributed by atoms with Crippen molar-refractivity contribution < 1.29 is 9.21 Å². The molecule has 0 N–H and O–H groups in total. The maximum atomic E-state index is 10.2. The van der Waals surface area contributed by atoms with Crippen LogP contribution in [0.2, 0.25) is 0 Å². The number of halogens is 1. The van der Waals surface area contributed by atoms with Gasteiger partial charge < -0.3 is 9.21 Å². The number of benzene rings is 1. The van der Waals surface area contributed by atoms with Crippen molar-refractivity contribution >= 4 is 33.2 Å². The lowest BCUT2D eigenvalue weighted by Crippen LogP contribution is -1.78. The normalized spacial score (nSPS) is 10.5. The Morgan fingerprint density at radius 1 is 1.38 bits per heavy atom. The summed E-state index contributed by atoms with van der Waals surface area (Å²) in [5, 5.41) is 1.03. The maximum Gasteiger partial charge on any atom is 0.135 e. The van der Waals surface area contributed by atoms with E-state index in [1.54, 1.807) is 0 Å². The molecule has 13 heavy (non-hydrogen) atoms. The predicted octanol–water partition coefficient (Wildman–Crippen LogP) is 2.94. The molecular weight excluding hydrogens is 232 g/mol. The Morgan fingerprint density at radius 3 is 3.00 bits per heavy atom. The van der Waals surface area contributed by atoms with Crippen molar-refractivity contribution in [1.82, 2.24) is 0 Å². The molecule has 0 spiro atoms. The van der Waals surface area contributed by atoms with Crippen LogP contribution in [-0.4, -0.2) is 6.29 Å². The van der Waals surface area contributed by atoms with Crippen molar-refractivity contribution in [2.75, 3.05) is 0 Å². The Labute approximate surface area is 83.7 Å². The molecule has 0 radical (unpaired) electrons. The summed E-state index contributed by atoms with van der Waals surface area (Å²) >= 11 is 3.35. The first kappa shape index (κ1) is 8.51. The van der Waals surface area contributed by atoms with Crippen LogP contribution in [0.15, 0.2) is 33.2 Å². The molecule has 1 aromatic carbocycles. The summed E-state index contributed by atoms with van der Waals surface area (Å²) in [7, 11) is 0. The topological polar surface area (TPSA) is 30.2 Å². The molecule has 66 valence electrons. The molecular formula is C10H7BrO2. The van der Waals surface area contributed by atoms with E-state index < -0.39 is 0 Å². The van der Waals surface area contributed by atoms with Crippen molar-refractivity contribution in [2.24, 2.45) is 0 Å². The number of carbonyl (C=O) groups is 1. The zero-order chi connectivity index (χ0) is 9.26. The molecule has 0 atom stereocenters. The molecule has 0 saturated carbocycles. The van der Waals surface area contributed by atoms with Gasteiger partial charge in [0.1, 0.15) is 17.6 Å². The predicted molar refractivity (Wildman–Crippen MR) is 53.7 cm³/mol. The molecule has 1 aromatic heterocycles. The van der Waals surface area contributed by atoms with Crippen LogP contribution in [0.25, 0.3) is 11.0 Å². The number of aldehydes is 1. The summed E-state index contributed by atoms with van der Waals surface area (Å²) in [6.07, 6.45) is 1.18. The first-order valence-corrected chi connectivity index (χ1v) is 4.70. The summed E-state index contributed by atoms with van der Waals surface area (Å²) in [4.78, 5) is 10.2. The molecule has 2 nitrogen and oxygen atoms in total. The highest BCUT2D eigenvalue weighted by molar-refractivity contribution is 9.10. The first-order chi connectivity index (χ1) is 6.29. The summed E-state index contributed by atoms with van der Waals surface area (Å²) in [6, 6.07) is 7.68. The number of rotatable bonds is 2. The van der Waals surface area contributed by atoms with Gasteiger partial charge in [-0.05, 0) is 24.3 Å². The van der Waals surface area contributed by atoms with Gasteiger partial charge in [0.15, 0.2) is 0 Å². The number of carbonyl (C=O) groups excluding carboxylic acids is 1. The zero-order valence-electron chi connectivity index (χ0n) is 6.79. The third kappa shape index (κ3) is 1.65. The molecule has 0 unspecified atom stereocenters. The van der Waals surface area contributed by atoms with Gasteiger partial charge in [0.05, 0.1) is 6.42 Å². The van der Waals surface area contributed by atoms with Crippen LogP contribution in [0.4, 0.5) is 0 Å². The Balaban J connectivity index is 2.55. The van der Waals surface area contributed by atoms with Crippen molar-refractivity contribution in [1.29, 1.82) is 0 Å². The van der Waals surface area contributed by atoms with Gasteiger partial charge in [-0.3, -0.25) is 0 Å². The molecule has 0 aliphatic rings. The van der Waals surface area contributed by atoms with Gasteiger partial charge in [-0.15, -0.1) is 0 Å². The molecule has 0 amide bonds. The molecule has 2 rings (SSSR count). The van der Waals surface area contributed by atoms with Crippen LogP contribution in [0.1, 0.15) is 5.76 Å². The minimum absolute atomic E-state index is 0.340. The Kier molecular flexibility index (Phi) is 2.19. The molecule has 0 aliphatic carbocycles. The van der Waals surface area contributed by atoms with Crippen molar-refractivity contribution in [2.45, 2.75) is 6.42 Å². The number of furan rings is 1. The lowest BCUT2D eigenvalue weighted by molar-refractivity contribution is -0.107. The van der Waals surface area contributed by atoms with Gasteiger partial charge in [-0.25, -0.2) is 0 Å². The molecule has 0 saturated heterocycles. The lowest BCUT2D eigenvalue weighted by atomic mass is 10.2. The number of fused-ring (bicyclic) bond motifs is 1. The molecule has 1 heterocycles. The van der Waals surface area contributed by atoms with E-state index in [4.69, 9.17) is 4.42 Å². The highest BCUT2D eigenvalue weighted by Crippen LogP contribution is 2.23. The Bertz CT molecular complexity index is 445. The van der Waals surface area contributed by atoms with E-state index in [-0.39, 0.29) is 0 Å². The van der Waals surface area contributed by atoms with E-state index in [9.17, 15) is 4.79 Å². The van der Waals surface area contributed by atoms with Gasteiger partial charge in [0.2, 0.25) is 0 Å². The Hall–Kier alpha value is -1.09. The van der Waals surface area contributed by atoms with E-state index in [0.29, 0.717) is 12.2 Å². The smallest absolute Gasteiger partial charge is 0.135 e. The highest BCUT2D eigenvalue weighted by Gasteiger charge is 2.02. The fraction of sp³-hybridized carbons (Fsp3) is 0.100. The van der Waals surface area contributed by atoms with Crippen LogP contribution in [0, 0.1) is 0 Å². The second kappa shape index (κ2) is 3.34.